The van der Waals surface area contributed by atoms with Gasteiger partial charge in [0.15, 0.2) is 0 Å². The van der Waals surface area contributed by atoms with E-state index in [9.17, 15) is 9.59 Å². The Morgan fingerprint density at radius 1 is 1.09 bits per heavy atom. The number of nitrogens with two attached hydrogens (primary N) is 1. The van der Waals surface area contributed by atoms with Crippen LogP contribution in [0.3, 0.4) is 0 Å². The van der Waals surface area contributed by atoms with Gasteiger partial charge in [0.2, 0.25) is 0 Å². The zero-order valence-electron chi connectivity index (χ0n) is 12.8. The van der Waals surface area contributed by atoms with Gasteiger partial charge in [-0.2, -0.15) is 0 Å². The first-order chi connectivity index (χ1) is 11.0. The first kappa shape index (κ1) is 15.0. The zero-order valence-corrected chi connectivity index (χ0v) is 12.8. The molecule has 0 unspecified atom stereocenters. The highest BCUT2D eigenvalue weighted by molar-refractivity contribution is 5.93. The van der Waals surface area contributed by atoms with Gasteiger partial charge in [-0.25, -0.2) is 9.78 Å². The summed E-state index contributed by atoms with van der Waals surface area (Å²) < 4.78 is 0. The Morgan fingerprint density at radius 3 is 2.35 bits per heavy atom. The molecule has 23 heavy (non-hydrogen) atoms. The van der Waals surface area contributed by atoms with Crippen LogP contribution in [0, 0.1) is 0 Å². The van der Waals surface area contributed by atoms with E-state index in [1.165, 1.54) is 17.2 Å². The topological polar surface area (TPSA) is 97.1 Å². The number of hydrogen-bond donors (Lipinski definition) is 3. The molecule has 118 valence electrons. The van der Waals surface area contributed by atoms with Crippen molar-refractivity contribution in [3.05, 3.63) is 59.3 Å². The number of pyridine rings is 1. The molecule has 1 aromatic carbocycles. The predicted octanol–water partition coefficient (Wildman–Crippen LogP) is 1.86. The smallest absolute Gasteiger partial charge is 0.320 e. The van der Waals surface area contributed by atoms with Gasteiger partial charge in [0.25, 0.3) is 5.91 Å². The van der Waals surface area contributed by atoms with Gasteiger partial charge in [0.1, 0.15) is 11.5 Å². The average Bonchev–Trinajstić information content (AvgIpc) is 2.82. The molecule has 0 spiro atoms. The number of carbonyl (C=O) groups is 2. The Morgan fingerprint density at radius 2 is 1.74 bits per heavy atom. The fourth-order valence-electron chi connectivity index (χ4n) is 2.96. The second-order valence-corrected chi connectivity index (χ2v) is 6.03. The van der Waals surface area contributed by atoms with Crippen molar-refractivity contribution < 1.29 is 9.59 Å². The van der Waals surface area contributed by atoms with Crippen LogP contribution in [-0.4, -0.2) is 22.5 Å². The molecule has 0 radical (unpaired) electrons. The zero-order chi connectivity index (χ0) is 16.4. The van der Waals surface area contributed by atoms with E-state index >= 15 is 0 Å². The number of aromatic nitrogens is 1. The van der Waals surface area contributed by atoms with Crippen molar-refractivity contribution in [3.8, 4) is 0 Å². The molecule has 1 aromatic heterocycles. The molecule has 1 aliphatic rings. The van der Waals surface area contributed by atoms with Gasteiger partial charge >= 0.3 is 6.03 Å². The van der Waals surface area contributed by atoms with Crippen LogP contribution in [0.5, 0.6) is 0 Å². The van der Waals surface area contributed by atoms with E-state index < -0.39 is 5.91 Å². The Hall–Kier alpha value is -2.89. The molecule has 0 aliphatic heterocycles. The summed E-state index contributed by atoms with van der Waals surface area (Å²) in [6.07, 6.45) is 1.57. The summed E-state index contributed by atoms with van der Waals surface area (Å²) in [5.41, 5.74) is 7.47. The number of hydrogen-bond acceptors (Lipinski definition) is 3. The lowest BCUT2D eigenvalue weighted by Gasteiger charge is -2.25. The van der Waals surface area contributed by atoms with E-state index in [0.717, 1.165) is 12.8 Å². The van der Waals surface area contributed by atoms with E-state index in [4.69, 9.17) is 5.73 Å². The van der Waals surface area contributed by atoms with Crippen molar-refractivity contribution in [2.75, 3.05) is 5.32 Å². The molecule has 0 saturated carbocycles. The second-order valence-electron chi connectivity index (χ2n) is 6.03. The van der Waals surface area contributed by atoms with Crippen molar-refractivity contribution in [2.24, 2.45) is 5.73 Å². The van der Waals surface area contributed by atoms with E-state index in [2.05, 4.69) is 27.8 Å². The highest BCUT2D eigenvalue weighted by Crippen LogP contribution is 2.29. The molecular weight excluding hydrogens is 292 g/mol. The van der Waals surface area contributed by atoms with E-state index in [-0.39, 0.29) is 23.1 Å². The van der Waals surface area contributed by atoms with Crippen LogP contribution < -0.4 is 16.4 Å². The van der Waals surface area contributed by atoms with Crippen LogP contribution in [0.2, 0.25) is 0 Å². The third-order valence-electron chi connectivity index (χ3n) is 3.94. The molecule has 2 aromatic rings. The minimum Gasteiger partial charge on any atom is -0.364 e. The monoisotopic (exact) mass is 310 g/mol. The molecule has 4 N–H and O–H groups in total. The SMILES string of the molecule is CC1(NC(=O)Nc2cccc(C(N)=O)n2)Cc2ccccc2C1. The summed E-state index contributed by atoms with van der Waals surface area (Å²) in [7, 11) is 0. The van der Waals surface area contributed by atoms with Crippen molar-refractivity contribution in [1.82, 2.24) is 10.3 Å². The lowest BCUT2D eigenvalue weighted by Crippen LogP contribution is -2.48. The van der Waals surface area contributed by atoms with E-state index in [1.807, 2.05) is 19.1 Å². The van der Waals surface area contributed by atoms with Crippen LogP contribution in [0.1, 0.15) is 28.5 Å². The summed E-state index contributed by atoms with van der Waals surface area (Å²) >= 11 is 0. The minimum absolute atomic E-state index is 0.113. The van der Waals surface area contributed by atoms with Crippen molar-refractivity contribution in [3.63, 3.8) is 0 Å². The van der Waals surface area contributed by atoms with E-state index in [0.29, 0.717) is 0 Å². The van der Waals surface area contributed by atoms with Gasteiger partial charge in [-0.3, -0.25) is 10.1 Å². The summed E-state index contributed by atoms with van der Waals surface area (Å²) in [5.74, 6) is -0.342. The maximum absolute atomic E-state index is 12.2. The normalized spacial score (nSPS) is 14.8. The molecule has 6 heteroatoms. The van der Waals surface area contributed by atoms with Crippen molar-refractivity contribution >= 4 is 17.8 Å². The van der Waals surface area contributed by atoms with Gasteiger partial charge in [0, 0.05) is 5.54 Å². The van der Waals surface area contributed by atoms with Gasteiger partial charge in [-0.1, -0.05) is 30.3 Å². The van der Waals surface area contributed by atoms with Crippen LogP contribution in [-0.2, 0) is 12.8 Å². The van der Waals surface area contributed by atoms with Crippen LogP contribution in [0.4, 0.5) is 10.6 Å². The third kappa shape index (κ3) is 3.31. The maximum Gasteiger partial charge on any atom is 0.320 e. The number of nitrogens with one attached hydrogen (secondary N) is 2. The number of urea groups is 1. The molecular formula is C17H18N4O2. The Bertz CT molecular complexity index is 748. The maximum atomic E-state index is 12.2. The molecule has 6 nitrogen and oxygen atoms in total. The predicted molar refractivity (Wildman–Crippen MR) is 87.2 cm³/mol. The van der Waals surface area contributed by atoms with Crippen LogP contribution >= 0.6 is 0 Å². The first-order valence-electron chi connectivity index (χ1n) is 7.38. The van der Waals surface area contributed by atoms with Crippen LogP contribution in [0.15, 0.2) is 42.5 Å². The summed E-state index contributed by atoms with van der Waals surface area (Å²) in [6.45, 7) is 2.01. The lowest BCUT2D eigenvalue weighted by atomic mass is 9.99. The highest BCUT2D eigenvalue weighted by atomic mass is 16.2. The molecule has 1 heterocycles. The number of nitrogens with zero attached hydrogens (tertiary/aromatic N) is 1. The Kier molecular flexibility index (Phi) is 3.73. The molecule has 0 atom stereocenters. The second kappa shape index (κ2) is 5.72. The fraction of sp³-hybridized carbons (Fsp3) is 0.235. The van der Waals surface area contributed by atoms with Gasteiger partial charge < -0.3 is 11.1 Å². The summed E-state index contributed by atoms with van der Waals surface area (Å²) in [4.78, 5) is 27.4. The molecule has 0 fully saturated rings. The number of amides is 3. The highest BCUT2D eigenvalue weighted by Gasteiger charge is 2.34. The third-order valence-corrected chi connectivity index (χ3v) is 3.94. The average molecular weight is 310 g/mol. The lowest BCUT2D eigenvalue weighted by molar-refractivity contribution is 0.0995. The largest absolute Gasteiger partial charge is 0.364 e. The number of fused-ring (bicyclic) bond motifs is 1. The molecule has 3 amide bonds. The van der Waals surface area contributed by atoms with Gasteiger partial charge in [-0.15, -0.1) is 0 Å². The number of rotatable bonds is 3. The number of carbonyl (C=O) groups excluding carboxylic acids is 2. The van der Waals surface area contributed by atoms with Gasteiger partial charge in [-0.05, 0) is 43.0 Å². The molecule has 3 rings (SSSR count). The summed E-state index contributed by atoms with van der Waals surface area (Å²) in [6, 6.07) is 12.5. The number of anilines is 1. The summed E-state index contributed by atoms with van der Waals surface area (Å²) in [5, 5.41) is 5.64. The quantitative estimate of drug-likeness (QED) is 0.807. The minimum atomic E-state index is -0.632. The number of benzene rings is 1. The first-order valence-corrected chi connectivity index (χ1v) is 7.38. The van der Waals surface area contributed by atoms with Gasteiger partial charge in [0.05, 0.1) is 0 Å². The Labute approximate surface area is 134 Å². The molecule has 1 aliphatic carbocycles. The Balaban J connectivity index is 1.66. The van der Waals surface area contributed by atoms with E-state index in [1.54, 1.807) is 12.1 Å². The fourth-order valence-corrected chi connectivity index (χ4v) is 2.96. The van der Waals surface area contributed by atoms with Crippen molar-refractivity contribution in [2.45, 2.75) is 25.3 Å². The van der Waals surface area contributed by atoms with Crippen molar-refractivity contribution in [1.29, 1.82) is 0 Å². The van der Waals surface area contributed by atoms with Crippen LogP contribution in [0.25, 0.3) is 0 Å². The molecule has 0 bridgehead atoms. The number of primary amides is 1. The standard InChI is InChI=1S/C17H18N4O2/c1-17(9-11-5-2-3-6-12(11)10-17)21-16(23)20-14-8-4-7-13(19-14)15(18)22/h2-8H,9-10H2,1H3,(H2,18,22)(H2,19,20,21,23). The molecule has 0 saturated heterocycles.